The monoisotopic (exact) mass is 308 g/mol. The molecule has 1 N–H and O–H groups in total. The van der Waals surface area contributed by atoms with Crippen LogP contribution in [0.5, 0.6) is 0 Å². The zero-order chi connectivity index (χ0) is 14.3. The summed E-state index contributed by atoms with van der Waals surface area (Å²) < 4.78 is 0. The topological polar surface area (TPSA) is 53.4 Å². The molecule has 0 amide bonds. The van der Waals surface area contributed by atoms with Crippen molar-refractivity contribution in [2.75, 3.05) is 4.90 Å². The maximum absolute atomic E-state index is 11.1. The van der Waals surface area contributed by atoms with Crippen molar-refractivity contribution in [1.29, 1.82) is 0 Å². The van der Waals surface area contributed by atoms with Crippen LogP contribution in [0.25, 0.3) is 0 Å². The van der Waals surface area contributed by atoms with Crippen molar-refractivity contribution in [3.05, 3.63) is 39.9 Å². The van der Waals surface area contributed by atoms with Gasteiger partial charge in [0.1, 0.15) is 0 Å². The van der Waals surface area contributed by atoms with Gasteiger partial charge in [-0.15, -0.1) is 0 Å². The van der Waals surface area contributed by atoms with Crippen LogP contribution >= 0.6 is 22.9 Å². The zero-order valence-corrected chi connectivity index (χ0v) is 12.4. The van der Waals surface area contributed by atoms with Crippen LogP contribution in [0.3, 0.4) is 0 Å². The van der Waals surface area contributed by atoms with Gasteiger partial charge in [0.2, 0.25) is 0 Å². The van der Waals surface area contributed by atoms with Crippen LogP contribution in [0.1, 0.15) is 28.6 Å². The van der Waals surface area contributed by atoms with Crippen molar-refractivity contribution in [3.63, 3.8) is 0 Å². The first kappa shape index (κ1) is 13.4. The van der Waals surface area contributed by atoms with E-state index in [-0.39, 0.29) is 16.1 Å². The predicted octanol–water partition coefficient (Wildman–Crippen LogP) is 3.97. The number of hydrogen-bond acceptors (Lipinski definition) is 4. The molecule has 1 atom stereocenters. The van der Waals surface area contributed by atoms with Crippen molar-refractivity contribution >= 4 is 39.7 Å². The summed E-state index contributed by atoms with van der Waals surface area (Å²) in [6.45, 7) is 2.12. The Balaban J connectivity index is 2.09. The fourth-order valence-corrected chi connectivity index (χ4v) is 3.75. The number of para-hydroxylation sites is 1. The Morgan fingerprint density at radius 2 is 2.25 bits per heavy atom. The molecule has 1 aromatic carbocycles. The first-order chi connectivity index (χ1) is 9.58. The van der Waals surface area contributed by atoms with Crippen LogP contribution < -0.4 is 4.90 Å². The molecular formula is C14H13ClN2O2S. The summed E-state index contributed by atoms with van der Waals surface area (Å²) in [5.74, 6) is -1.03. The number of fused-ring (bicyclic) bond motifs is 1. The third kappa shape index (κ3) is 2.17. The van der Waals surface area contributed by atoms with E-state index >= 15 is 0 Å². The molecule has 104 valence electrons. The molecule has 1 unspecified atom stereocenters. The molecule has 1 aliphatic heterocycles. The molecule has 0 saturated carbocycles. The van der Waals surface area contributed by atoms with E-state index in [0.717, 1.165) is 29.9 Å². The summed E-state index contributed by atoms with van der Waals surface area (Å²) in [4.78, 5) is 17.5. The highest BCUT2D eigenvalue weighted by atomic mass is 35.5. The van der Waals surface area contributed by atoms with Gasteiger partial charge in [-0.05, 0) is 31.4 Å². The van der Waals surface area contributed by atoms with Crippen LogP contribution in [-0.4, -0.2) is 22.1 Å². The highest BCUT2D eigenvalue weighted by Crippen LogP contribution is 2.40. The fraction of sp³-hybridized carbons (Fsp3) is 0.286. The van der Waals surface area contributed by atoms with Crippen LogP contribution in [-0.2, 0) is 6.42 Å². The number of hydrogen-bond donors (Lipinski definition) is 1. The summed E-state index contributed by atoms with van der Waals surface area (Å²) in [6, 6.07) is 8.41. The Kier molecular flexibility index (Phi) is 3.40. The molecule has 0 radical (unpaired) electrons. The number of benzene rings is 1. The van der Waals surface area contributed by atoms with Gasteiger partial charge >= 0.3 is 5.97 Å². The van der Waals surface area contributed by atoms with E-state index in [9.17, 15) is 4.79 Å². The second-order valence-corrected chi connectivity index (χ2v) is 6.14. The lowest BCUT2D eigenvalue weighted by Gasteiger charge is -2.35. The van der Waals surface area contributed by atoms with E-state index in [4.69, 9.17) is 16.7 Å². The predicted molar refractivity (Wildman–Crippen MR) is 80.4 cm³/mol. The molecule has 0 fully saturated rings. The van der Waals surface area contributed by atoms with Gasteiger partial charge < -0.3 is 10.0 Å². The maximum Gasteiger partial charge on any atom is 0.349 e. The average Bonchev–Trinajstić information content (AvgIpc) is 2.80. The van der Waals surface area contributed by atoms with Gasteiger partial charge in [-0.3, -0.25) is 0 Å². The van der Waals surface area contributed by atoms with Gasteiger partial charge in [-0.25, -0.2) is 9.78 Å². The molecular weight excluding hydrogens is 296 g/mol. The van der Waals surface area contributed by atoms with Crippen LogP contribution in [0, 0.1) is 0 Å². The molecule has 6 heteroatoms. The summed E-state index contributed by atoms with van der Waals surface area (Å²) in [7, 11) is 0. The highest BCUT2D eigenvalue weighted by Gasteiger charge is 2.28. The minimum atomic E-state index is -1.03. The fourth-order valence-electron chi connectivity index (χ4n) is 2.51. The molecule has 2 aromatic rings. The lowest BCUT2D eigenvalue weighted by Crippen LogP contribution is -2.33. The Labute approximate surface area is 125 Å². The standard InChI is InChI=1S/C14H13ClN2O2S/c1-8-6-7-9-4-2-3-5-10(9)17(8)14-16-12(15)11(20-14)13(18)19/h2-5,8H,6-7H2,1H3,(H,18,19). The number of carboxylic acid groups (broad SMARTS) is 1. The minimum absolute atomic E-state index is 0.0627. The largest absolute Gasteiger partial charge is 0.477 e. The molecule has 0 aliphatic carbocycles. The third-order valence-corrected chi connectivity index (χ3v) is 4.93. The van der Waals surface area contributed by atoms with Crippen molar-refractivity contribution < 1.29 is 9.90 Å². The number of aryl methyl sites for hydroxylation is 1. The highest BCUT2D eigenvalue weighted by molar-refractivity contribution is 7.18. The molecule has 4 nitrogen and oxygen atoms in total. The molecule has 0 spiro atoms. The molecule has 1 aromatic heterocycles. The van der Waals surface area contributed by atoms with Gasteiger partial charge in [0.05, 0.1) is 0 Å². The molecule has 0 saturated heterocycles. The quantitative estimate of drug-likeness (QED) is 0.912. The molecule has 3 rings (SSSR count). The van der Waals surface area contributed by atoms with E-state index in [0.29, 0.717) is 5.13 Å². The van der Waals surface area contributed by atoms with E-state index in [1.165, 1.54) is 5.56 Å². The lowest BCUT2D eigenvalue weighted by atomic mass is 9.97. The second-order valence-electron chi connectivity index (χ2n) is 4.81. The lowest BCUT2D eigenvalue weighted by molar-refractivity contribution is 0.0702. The van der Waals surface area contributed by atoms with Crippen LogP contribution in [0.2, 0.25) is 5.15 Å². The summed E-state index contributed by atoms with van der Waals surface area (Å²) >= 11 is 7.05. The summed E-state index contributed by atoms with van der Waals surface area (Å²) in [6.07, 6.45) is 2.04. The number of nitrogens with zero attached hydrogens (tertiary/aromatic N) is 2. The molecule has 2 heterocycles. The third-order valence-electron chi connectivity index (χ3n) is 3.50. The number of aromatic nitrogens is 1. The molecule has 20 heavy (non-hydrogen) atoms. The van der Waals surface area contributed by atoms with Gasteiger partial charge in [-0.1, -0.05) is 41.1 Å². The average molecular weight is 309 g/mol. The van der Waals surface area contributed by atoms with Crippen LogP contribution in [0.4, 0.5) is 10.8 Å². The second kappa shape index (κ2) is 5.07. The number of carboxylic acids is 1. The Hall–Kier alpha value is -1.59. The summed E-state index contributed by atoms with van der Waals surface area (Å²) in [5.41, 5.74) is 2.35. The van der Waals surface area contributed by atoms with Gasteiger partial charge in [-0.2, -0.15) is 0 Å². The number of anilines is 2. The Morgan fingerprint density at radius 3 is 2.95 bits per heavy atom. The van der Waals surface area contributed by atoms with Gasteiger partial charge in [0.25, 0.3) is 0 Å². The smallest absolute Gasteiger partial charge is 0.349 e. The normalized spacial score (nSPS) is 17.9. The molecule has 1 aliphatic rings. The van der Waals surface area contributed by atoms with E-state index < -0.39 is 5.97 Å². The van der Waals surface area contributed by atoms with Gasteiger partial charge in [0, 0.05) is 11.7 Å². The first-order valence-corrected chi connectivity index (χ1v) is 7.54. The first-order valence-electron chi connectivity index (χ1n) is 6.34. The number of aromatic carboxylic acids is 1. The number of carbonyl (C=O) groups is 1. The zero-order valence-electron chi connectivity index (χ0n) is 10.8. The van der Waals surface area contributed by atoms with Gasteiger partial charge in [0.15, 0.2) is 15.2 Å². The van der Waals surface area contributed by atoms with Crippen molar-refractivity contribution in [2.24, 2.45) is 0 Å². The van der Waals surface area contributed by atoms with Crippen molar-refractivity contribution in [1.82, 2.24) is 4.98 Å². The number of halogens is 1. The Morgan fingerprint density at radius 1 is 1.50 bits per heavy atom. The maximum atomic E-state index is 11.1. The van der Waals surface area contributed by atoms with E-state index in [1.54, 1.807) is 0 Å². The number of rotatable bonds is 2. The van der Waals surface area contributed by atoms with E-state index in [1.807, 2.05) is 18.2 Å². The molecule has 0 bridgehead atoms. The summed E-state index contributed by atoms with van der Waals surface area (Å²) in [5, 5.41) is 9.81. The SMILES string of the molecule is CC1CCc2ccccc2N1c1nc(Cl)c(C(=O)O)s1. The minimum Gasteiger partial charge on any atom is -0.477 e. The number of thiazole rings is 1. The Bertz CT molecular complexity index is 671. The van der Waals surface area contributed by atoms with Crippen molar-refractivity contribution in [3.8, 4) is 0 Å². The van der Waals surface area contributed by atoms with Crippen LogP contribution in [0.15, 0.2) is 24.3 Å². The van der Waals surface area contributed by atoms with Crippen molar-refractivity contribution in [2.45, 2.75) is 25.8 Å². The van der Waals surface area contributed by atoms with E-state index in [2.05, 4.69) is 22.9 Å².